The second kappa shape index (κ2) is 7.45. The fourth-order valence-corrected chi connectivity index (χ4v) is 4.99. The van der Waals surface area contributed by atoms with Crippen LogP contribution in [0.3, 0.4) is 0 Å². The molecule has 5 rings (SSSR count). The Morgan fingerprint density at radius 1 is 1.16 bits per heavy atom. The van der Waals surface area contributed by atoms with Crippen molar-refractivity contribution in [2.24, 2.45) is 10.8 Å². The van der Waals surface area contributed by atoms with Gasteiger partial charge >= 0.3 is 0 Å². The average molecular weight is 418 g/mol. The van der Waals surface area contributed by atoms with E-state index in [-0.39, 0.29) is 5.78 Å². The Kier molecular flexibility index (Phi) is 4.85. The lowest BCUT2D eigenvalue weighted by atomic mass is 9.78. The Morgan fingerprint density at radius 3 is 2.74 bits per heavy atom. The van der Waals surface area contributed by atoms with E-state index in [0.29, 0.717) is 22.1 Å². The third kappa shape index (κ3) is 3.74. The highest BCUT2D eigenvalue weighted by Crippen LogP contribution is 2.41. The van der Waals surface area contributed by atoms with Crippen LogP contribution in [0, 0.1) is 10.8 Å². The topological polar surface area (TPSA) is 73.9 Å². The minimum Gasteiger partial charge on any atom is -0.371 e. The quantitative estimate of drug-likeness (QED) is 0.617. The van der Waals surface area contributed by atoms with E-state index >= 15 is 0 Å². The number of aromatic amines is 1. The van der Waals surface area contributed by atoms with E-state index in [1.54, 1.807) is 12.4 Å². The van der Waals surface area contributed by atoms with E-state index in [4.69, 9.17) is 4.98 Å². The molecule has 2 aliphatic rings. The predicted molar refractivity (Wildman–Crippen MR) is 124 cm³/mol. The number of aromatic nitrogens is 3. The molecule has 1 aromatic carbocycles. The maximum Gasteiger partial charge on any atom is 0.171 e. The van der Waals surface area contributed by atoms with Crippen LogP contribution in [0.4, 0.5) is 5.69 Å². The van der Waals surface area contributed by atoms with E-state index in [9.17, 15) is 4.79 Å². The molecular formula is C25H31N5O. The van der Waals surface area contributed by atoms with E-state index in [1.807, 2.05) is 20.8 Å². The molecule has 0 atom stereocenters. The maximum absolute atomic E-state index is 12.9. The Labute approximate surface area is 183 Å². The van der Waals surface area contributed by atoms with Crippen LogP contribution in [-0.4, -0.2) is 46.9 Å². The number of Topliss-reactive ketones (excluding diaryl/α,β-unsaturated/α-hetero) is 1. The number of carbonyl (C=O) groups is 1. The van der Waals surface area contributed by atoms with Gasteiger partial charge < -0.3 is 15.2 Å². The normalized spacial score (nSPS) is 18.7. The lowest BCUT2D eigenvalue weighted by molar-refractivity contribution is 0.0860. The highest BCUT2D eigenvalue weighted by molar-refractivity contribution is 6.08. The predicted octanol–water partition coefficient (Wildman–Crippen LogP) is 4.43. The Bertz CT molecular complexity index is 1120. The second-order valence-electron chi connectivity index (χ2n) is 10.2. The first kappa shape index (κ1) is 20.2. The van der Waals surface area contributed by atoms with Gasteiger partial charge in [-0.2, -0.15) is 0 Å². The fourth-order valence-electron chi connectivity index (χ4n) is 4.99. The summed E-state index contributed by atoms with van der Waals surface area (Å²) >= 11 is 0. The molecule has 2 aromatic heterocycles. The van der Waals surface area contributed by atoms with Gasteiger partial charge in [-0.05, 0) is 49.9 Å². The molecule has 0 radical (unpaired) electrons. The monoisotopic (exact) mass is 417 g/mol. The van der Waals surface area contributed by atoms with Gasteiger partial charge in [-0.25, -0.2) is 9.97 Å². The van der Waals surface area contributed by atoms with Crippen LogP contribution in [0.15, 0.2) is 36.7 Å². The van der Waals surface area contributed by atoms with Gasteiger partial charge in [0.05, 0.1) is 17.5 Å². The van der Waals surface area contributed by atoms with Crippen LogP contribution in [-0.2, 0) is 0 Å². The number of fused-ring (bicyclic) bond motifs is 1. The molecule has 0 amide bonds. The Hall–Kier alpha value is -2.73. The molecule has 2 N–H and O–H groups in total. The maximum atomic E-state index is 12.9. The molecule has 162 valence electrons. The molecule has 1 spiro atoms. The van der Waals surface area contributed by atoms with Gasteiger partial charge in [-0.3, -0.25) is 4.79 Å². The number of anilines is 1. The Balaban J connectivity index is 1.45. The van der Waals surface area contributed by atoms with Gasteiger partial charge in [-0.1, -0.05) is 32.9 Å². The molecule has 2 fully saturated rings. The van der Waals surface area contributed by atoms with Gasteiger partial charge in [0.1, 0.15) is 5.52 Å². The van der Waals surface area contributed by atoms with Crippen molar-refractivity contribution in [1.82, 2.24) is 20.3 Å². The summed E-state index contributed by atoms with van der Waals surface area (Å²) < 4.78 is 0. The first-order chi connectivity index (χ1) is 14.8. The van der Waals surface area contributed by atoms with Crippen molar-refractivity contribution in [2.45, 2.75) is 40.0 Å². The summed E-state index contributed by atoms with van der Waals surface area (Å²) in [6.07, 6.45) is 7.34. The first-order valence-electron chi connectivity index (χ1n) is 11.3. The molecule has 3 aromatic rings. The molecular weight excluding hydrogens is 386 g/mol. The number of carbonyl (C=O) groups excluding carboxylic acids is 1. The number of piperidine rings is 1. The smallest absolute Gasteiger partial charge is 0.171 e. The fraction of sp³-hybridized carbons (Fsp3) is 0.480. The van der Waals surface area contributed by atoms with Crippen LogP contribution in [0.5, 0.6) is 0 Å². The molecule has 0 bridgehead atoms. The standard InChI is InChI=1S/C25H31N5O/c1-24(2,3)22(31)19-14-27-23-21(19)29-20(15-28-23)17-5-4-6-18(13-17)30-12-9-25(16-30)7-10-26-11-8-25/h4-6,13-15,26H,7-12,16H2,1-3H3,(H,27,28). The SMILES string of the molecule is CC(C)(C)C(=O)c1c[nH]c2ncc(-c3cccc(N4CCC5(CCNCC5)C4)c3)nc12. The summed E-state index contributed by atoms with van der Waals surface area (Å²) in [6.45, 7) is 10.3. The zero-order valence-electron chi connectivity index (χ0n) is 18.7. The van der Waals surface area contributed by atoms with Crippen LogP contribution in [0.25, 0.3) is 22.4 Å². The number of hydrogen-bond acceptors (Lipinski definition) is 5. The van der Waals surface area contributed by atoms with Crippen LogP contribution in [0.1, 0.15) is 50.4 Å². The third-order valence-electron chi connectivity index (χ3n) is 6.92. The van der Waals surface area contributed by atoms with Crippen LogP contribution in [0.2, 0.25) is 0 Å². The van der Waals surface area contributed by atoms with Gasteiger partial charge in [-0.15, -0.1) is 0 Å². The number of nitrogens with zero attached hydrogens (tertiary/aromatic N) is 3. The molecule has 31 heavy (non-hydrogen) atoms. The van der Waals surface area contributed by atoms with Crippen LogP contribution < -0.4 is 10.2 Å². The molecule has 2 saturated heterocycles. The summed E-state index contributed by atoms with van der Waals surface area (Å²) in [4.78, 5) is 27.9. The van der Waals surface area contributed by atoms with Crippen molar-refractivity contribution < 1.29 is 4.79 Å². The zero-order chi connectivity index (χ0) is 21.6. The molecule has 2 aliphatic heterocycles. The van der Waals surface area contributed by atoms with E-state index in [1.165, 1.54) is 24.9 Å². The van der Waals surface area contributed by atoms with Crippen molar-refractivity contribution in [2.75, 3.05) is 31.1 Å². The lowest BCUT2D eigenvalue weighted by Gasteiger charge is -2.34. The number of rotatable bonds is 3. The van der Waals surface area contributed by atoms with E-state index in [2.05, 4.69) is 44.5 Å². The summed E-state index contributed by atoms with van der Waals surface area (Å²) in [5.74, 6) is 0.0725. The van der Waals surface area contributed by atoms with Crippen LogP contribution >= 0.6 is 0 Å². The van der Waals surface area contributed by atoms with Crippen molar-refractivity contribution in [3.63, 3.8) is 0 Å². The highest BCUT2D eigenvalue weighted by atomic mass is 16.1. The molecule has 0 aliphatic carbocycles. The summed E-state index contributed by atoms with van der Waals surface area (Å²) in [5, 5.41) is 3.49. The molecule has 0 saturated carbocycles. The minimum absolute atomic E-state index is 0.0725. The molecule has 0 unspecified atom stereocenters. The zero-order valence-corrected chi connectivity index (χ0v) is 18.7. The van der Waals surface area contributed by atoms with Gasteiger partial charge in [0.15, 0.2) is 11.4 Å². The summed E-state index contributed by atoms with van der Waals surface area (Å²) in [6, 6.07) is 8.59. The summed E-state index contributed by atoms with van der Waals surface area (Å²) in [7, 11) is 0. The lowest BCUT2D eigenvalue weighted by Crippen LogP contribution is -2.38. The van der Waals surface area contributed by atoms with Crippen molar-refractivity contribution >= 4 is 22.6 Å². The third-order valence-corrected chi connectivity index (χ3v) is 6.92. The highest BCUT2D eigenvalue weighted by Gasteiger charge is 2.38. The molecule has 6 heteroatoms. The van der Waals surface area contributed by atoms with E-state index < -0.39 is 5.41 Å². The average Bonchev–Trinajstić information content (AvgIpc) is 3.37. The number of hydrogen-bond donors (Lipinski definition) is 2. The van der Waals surface area contributed by atoms with Crippen molar-refractivity contribution in [3.8, 4) is 11.3 Å². The van der Waals surface area contributed by atoms with E-state index in [0.717, 1.165) is 37.4 Å². The first-order valence-corrected chi connectivity index (χ1v) is 11.3. The number of ketones is 1. The summed E-state index contributed by atoms with van der Waals surface area (Å²) in [5.41, 5.74) is 4.99. The second-order valence-corrected chi connectivity index (χ2v) is 10.2. The number of nitrogens with one attached hydrogen (secondary N) is 2. The number of H-pyrrole nitrogens is 1. The molecule has 6 nitrogen and oxygen atoms in total. The van der Waals surface area contributed by atoms with Crippen molar-refractivity contribution in [1.29, 1.82) is 0 Å². The molecule has 4 heterocycles. The van der Waals surface area contributed by atoms with Crippen molar-refractivity contribution in [3.05, 3.63) is 42.2 Å². The van der Waals surface area contributed by atoms with Gasteiger partial charge in [0, 0.05) is 36.0 Å². The minimum atomic E-state index is -0.465. The Morgan fingerprint density at radius 2 is 1.97 bits per heavy atom. The van der Waals surface area contributed by atoms with Gasteiger partial charge in [0.2, 0.25) is 0 Å². The van der Waals surface area contributed by atoms with Gasteiger partial charge in [0.25, 0.3) is 0 Å². The largest absolute Gasteiger partial charge is 0.371 e. The number of benzene rings is 1.